The van der Waals surface area contributed by atoms with Crippen LogP contribution in [0.5, 0.6) is 0 Å². The predicted octanol–water partition coefficient (Wildman–Crippen LogP) is 2.58. The molecule has 0 bridgehead atoms. The van der Waals surface area contributed by atoms with E-state index in [0.29, 0.717) is 19.0 Å². The maximum atomic E-state index is 11.9. The van der Waals surface area contributed by atoms with E-state index in [0.717, 1.165) is 19.3 Å². The maximum absolute atomic E-state index is 11.9. The minimum absolute atomic E-state index is 0.00919. The number of alkyl carbamates (subject to hydrolysis) is 1. The van der Waals surface area contributed by atoms with Crippen LogP contribution in [-0.2, 0) is 9.53 Å². The Kier molecular flexibility index (Phi) is 9.11. The number of ether oxygens (including phenoxy) is 1. The highest BCUT2D eigenvalue weighted by Crippen LogP contribution is 2.26. The van der Waals surface area contributed by atoms with Gasteiger partial charge in [0.05, 0.1) is 6.54 Å². The third-order valence-electron chi connectivity index (χ3n) is 4.18. The van der Waals surface area contributed by atoms with Crippen LogP contribution in [0.25, 0.3) is 0 Å². The SMILES string of the molecule is CCCNC(=O)CN[C@@H](CNC(=O)OC(C)(C)C)C1CCCCC1. The van der Waals surface area contributed by atoms with E-state index in [1.807, 2.05) is 27.7 Å². The van der Waals surface area contributed by atoms with Crippen LogP contribution in [0.1, 0.15) is 66.2 Å². The van der Waals surface area contributed by atoms with Crippen molar-refractivity contribution in [1.82, 2.24) is 16.0 Å². The van der Waals surface area contributed by atoms with E-state index < -0.39 is 11.7 Å². The molecule has 0 unspecified atom stereocenters. The highest BCUT2D eigenvalue weighted by Gasteiger charge is 2.25. The molecular formula is C18H35N3O3. The van der Waals surface area contributed by atoms with Crippen molar-refractivity contribution in [2.75, 3.05) is 19.6 Å². The molecule has 0 radical (unpaired) electrons. The summed E-state index contributed by atoms with van der Waals surface area (Å²) in [5.41, 5.74) is -0.502. The van der Waals surface area contributed by atoms with Gasteiger partial charge in [-0.25, -0.2) is 4.79 Å². The van der Waals surface area contributed by atoms with E-state index in [4.69, 9.17) is 4.74 Å². The van der Waals surface area contributed by atoms with E-state index >= 15 is 0 Å². The Balaban J connectivity index is 2.48. The van der Waals surface area contributed by atoms with Crippen LogP contribution in [0.3, 0.4) is 0 Å². The second-order valence-corrected chi connectivity index (χ2v) is 7.62. The lowest BCUT2D eigenvalue weighted by Crippen LogP contribution is -2.49. The van der Waals surface area contributed by atoms with Crippen LogP contribution >= 0.6 is 0 Å². The lowest BCUT2D eigenvalue weighted by atomic mass is 9.84. The van der Waals surface area contributed by atoms with Gasteiger partial charge in [0.1, 0.15) is 5.60 Å². The minimum Gasteiger partial charge on any atom is -0.444 e. The number of hydrogen-bond acceptors (Lipinski definition) is 4. The van der Waals surface area contributed by atoms with Gasteiger partial charge in [-0.2, -0.15) is 0 Å². The largest absolute Gasteiger partial charge is 0.444 e. The molecule has 0 aromatic rings. The Morgan fingerprint density at radius 1 is 1.12 bits per heavy atom. The lowest BCUT2D eigenvalue weighted by Gasteiger charge is -2.31. The van der Waals surface area contributed by atoms with Crippen molar-refractivity contribution in [2.24, 2.45) is 5.92 Å². The van der Waals surface area contributed by atoms with E-state index in [2.05, 4.69) is 16.0 Å². The molecule has 1 saturated carbocycles. The van der Waals surface area contributed by atoms with Gasteiger partial charge < -0.3 is 20.7 Å². The molecule has 1 rings (SSSR count). The van der Waals surface area contributed by atoms with Gasteiger partial charge in [-0.3, -0.25) is 4.79 Å². The Labute approximate surface area is 146 Å². The Bertz CT molecular complexity index is 387. The van der Waals surface area contributed by atoms with Gasteiger partial charge in [0.2, 0.25) is 5.91 Å². The van der Waals surface area contributed by atoms with Gasteiger partial charge in [0.15, 0.2) is 0 Å². The van der Waals surface area contributed by atoms with Crippen molar-refractivity contribution in [1.29, 1.82) is 0 Å². The highest BCUT2D eigenvalue weighted by molar-refractivity contribution is 5.78. The molecule has 2 amide bonds. The molecule has 1 fully saturated rings. The monoisotopic (exact) mass is 341 g/mol. The first-order valence-electron chi connectivity index (χ1n) is 9.28. The van der Waals surface area contributed by atoms with Gasteiger partial charge in [-0.1, -0.05) is 26.2 Å². The Hall–Kier alpha value is -1.30. The van der Waals surface area contributed by atoms with Crippen LogP contribution < -0.4 is 16.0 Å². The molecule has 1 atom stereocenters. The fourth-order valence-corrected chi connectivity index (χ4v) is 3.00. The number of amides is 2. The van der Waals surface area contributed by atoms with E-state index in [9.17, 15) is 9.59 Å². The standard InChI is InChI=1S/C18H35N3O3/c1-5-11-19-16(22)13-20-15(14-9-7-6-8-10-14)12-21-17(23)24-18(2,3)4/h14-15,20H,5-13H2,1-4H3,(H,19,22)(H,21,23)/t15-/m0/s1. The molecule has 0 heterocycles. The summed E-state index contributed by atoms with van der Waals surface area (Å²) in [6.07, 6.45) is 6.53. The van der Waals surface area contributed by atoms with Crippen molar-refractivity contribution in [2.45, 2.75) is 77.9 Å². The minimum atomic E-state index is -0.502. The first-order valence-corrected chi connectivity index (χ1v) is 9.28. The Morgan fingerprint density at radius 2 is 1.79 bits per heavy atom. The number of carbonyl (C=O) groups is 2. The summed E-state index contributed by atoms with van der Waals surface area (Å²) in [7, 11) is 0. The first-order chi connectivity index (χ1) is 11.3. The van der Waals surface area contributed by atoms with Crippen molar-refractivity contribution < 1.29 is 14.3 Å². The van der Waals surface area contributed by atoms with Crippen molar-refractivity contribution >= 4 is 12.0 Å². The van der Waals surface area contributed by atoms with Crippen LogP contribution in [0.4, 0.5) is 4.79 Å². The summed E-state index contributed by atoms with van der Waals surface area (Å²) >= 11 is 0. The summed E-state index contributed by atoms with van der Waals surface area (Å²) in [6.45, 7) is 9.05. The van der Waals surface area contributed by atoms with Gasteiger partial charge >= 0.3 is 6.09 Å². The third-order valence-corrected chi connectivity index (χ3v) is 4.18. The predicted molar refractivity (Wildman–Crippen MR) is 95.9 cm³/mol. The second kappa shape index (κ2) is 10.5. The number of hydrogen-bond donors (Lipinski definition) is 3. The zero-order valence-corrected chi connectivity index (χ0v) is 15.7. The fourth-order valence-electron chi connectivity index (χ4n) is 3.00. The second-order valence-electron chi connectivity index (χ2n) is 7.62. The van der Waals surface area contributed by atoms with Crippen LogP contribution in [0, 0.1) is 5.92 Å². The van der Waals surface area contributed by atoms with Gasteiger partial charge in [0.25, 0.3) is 0 Å². The summed E-state index contributed by atoms with van der Waals surface area (Å²) in [4.78, 5) is 23.7. The molecule has 0 aromatic carbocycles. The summed E-state index contributed by atoms with van der Waals surface area (Å²) in [5, 5.41) is 9.06. The average molecular weight is 341 g/mol. The summed E-state index contributed by atoms with van der Waals surface area (Å²) in [5.74, 6) is 0.502. The third kappa shape index (κ3) is 9.11. The summed E-state index contributed by atoms with van der Waals surface area (Å²) < 4.78 is 5.30. The zero-order valence-electron chi connectivity index (χ0n) is 15.7. The molecule has 0 aromatic heterocycles. The molecule has 140 valence electrons. The van der Waals surface area contributed by atoms with E-state index in [1.165, 1.54) is 19.3 Å². The number of carbonyl (C=O) groups excluding carboxylic acids is 2. The molecule has 1 aliphatic carbocycles. The molecule has 6 heteroatoms. The quantitative estimate of drug-likeness (QED) is 0.634. The maximum Gasteiger partial charge on any atom is 0.407 e. The van der Waals surface area contributed by atoms with Crippen molar-refractivity contribution in [3.8, 4) is 0 Å². The molecular weight excluding hydrogens is 306 g/mol. The highest BCUT2D eigenvalue weighted by atomic mass is 16.6. The lowest BCUT2D eigenvalue weighted by molar-refractivity contribution is -0.120. The van der Waals surface area contributed by atoms with E-state index in [-0.39, 0.29) is 18.5 Å². The molecule has 24 heavy (non-hydrogen) atoms. The molecule has 6 nitrogen and oxygen atoms in total. The molecule has 0 aliphatic heterocycles. The number of rotatable bonds is 8. The van der Waals surface area contributed by atoms with Crippen LogP contribution in [-0.4, -0.2) is 43.3 Å². The van der Waals surface area contributed by atoms with Crippen molar-refractivity contribution in [3.63, 3.8) is 0 Å². The molecule has 0 saturated heterocycles. The Morgan fingerprint density at radius 3 is 2.38 bits per heavy atom. The van der Waals surface area contributed by atoms with Gasteiger partial charge in [0, 0.05) is 19.1 Å². The molecule has 3 N–H and O–H groups in total. The van der Waals surface area contributed by atoms with Gasteiger partial charge in [-0.05, 0) is 46.0 Å². The number of nitrogens with one attached hydrogen (secondary N) is 3. The zero-order chi connectivity index (χ0) is 18.0. The smallest absolute Gasteiger partial charge is 0.407 e. The summed E-state index contributed by atoms with van der Waals surface area (Å²) in [6, 6.07) is 0.102. The topological polar surface area (TPSA) is 79.5 Å². The van der Waals surface area contributed by atoms with Crippen LogP contribution in [0.2, 0.25) is 0 Å². The van der Waals surface area contributed by atoms with Crippen LogP contribution in [0.15, 0.2) is 0 Å². The first kappa shape index (κ1) is 20.7. The normalized spacial score (nSPS) is 17.2. The van der Waals surface area contributed by atoms with Gasteiger partial charge in [-0.15, -0.1) is 0 Å². The fraction of sp³-hybridized carbons (Fsp3) is 0.889. The van der Waals surface area contributed by atoms with Crippen molar-refractivity contribution in [3.05, 3.63) is 0 Å². The molecule has 1 aliphatic rings. The molecule has 0 spiro atoms. The van der Waals surface area contributed by atoms with E-state index in [1.54, 1.807) is 0 Å². The average Bonchev–Trinajstić information content (AvgIpc) is 2.52.